The van der Waals surface area contributed by atoms with Gasteiger partial charge in [-0.25, -0.2) is 0 Å². The molecule has 0 aliphatic heterocycles. The van der Waals surface area contributed by atoms with Crippen molar-refractivity contribution in [1.29, 1.82) is 0 Å². The molecule has 4 saturated carbocycles. The minimum Gasteiger partial charge on any atom is -0.466 e. The Labute approximate surface area is 184 Å². The zero-order valence-electron chi connectivity index (χ0n) is 18.8. The summed E-state index contributed by atoms with van der Waals surface area (Å²) in [5.41, 5.74) is -1.54. The largest absolute Gasteiger partial charge is 0.466 e. The maximum Gasteiger partial charge on any atom is 0.302 e. The number of carbonyl (C=O) groups is 1. The van der Waals surface area contributed by atoms with E-state index in [1.807, 2.05) is 12.1 Å². The highest BCUT2D eigenvalue weighted by Crippen LogP contribution is 2.70. The fourth-order valence-electron chi connectivity index (χ4n) is 8.50. The van der Waals surface area contributed by atoms with Gasteiger partial charge in [-0.2, -0.15) is 0 Å². The molecule has 1 heterocycles. The van der Waals surface area contributed by atoms with Gasteiger partial charge in [0.15, 0.2) is 0 Å². The maximum atomic E-state index is 11.8. The van der Waals surface area contributed by atoms with Gasteiger partial charge in [0, 0.05) is 12.3 Å². The van der Waals surface area contributed by atoms with Gasteiger partial charge >= 0.3 is 5.97 Å². The van der Waals surface area contributed by atoms with E-state index in [1.54, 1.807) is 6.26 Å². The number of furan rings is 1. The minimum absolute atomic E-state index is 0.0516. The molecule has 6 heteroatoms. The Kier molecular flexibility index (Phi) is 4.89. The molecule has 5 rings (SSSR count). The van der Waals surface area contributed by atoms with Crippen LogP contribution >= 0.6 is 0 Å². The Balaban J connectivity index is 1.47. The molecular formula is C25H36O6. The molecule has 0 bridgehead atoms. The number of carbonyl (C=O) groups excluding carboxylic acids is 1. The highest BCUT2D eigenvalue weighted by Gasteiger charge is 2.69. The molecule has 0 radical (unpaired) electrons. The van der Waals surface area contributed by atoms with Gasteiger partial charge in [-0.05, 0) is 86.2 Å². The van der Waals surface area contributed by atoms with Crippen LogP contribution in [-0.2, 0) is 15.1 Å². The monoisotopic (exact) mass is 432 g/mol. The summed E-state index contributed by atoms with van der Waals surface area (Å²) in [7, 11) is 0. The van der Waals surface area contributed by atoms with Crippen LogP contribution in [0, 0.1) is 34.5 Å². The molecule has 10 atom stereocenters. The topological polar surface area (TPSA) is 100 Å². The van der Waals surface area contributed by atoms with Gasteiger partial charge in [0.2, 0.25) is 0 Å². The van der Waals surface area contributed by atoms with Gasteiger partial charge in [0.05, 0.1) is 18.5 Å². The number of rotatable bonds is 2. The Morgan fingerprint density at radius 3 is 2.48 bits per heavy atom. The first-order valence-electron chi connectivity index (χ1n) is 11.9. The molecule has 172 valence electrons. The predicted molar refractivity (Wildman–Crippen MR) is 113 cm³/mol. The lowest BCUT2D eigenvalue weighted by Crippen LogP contribution is -2.65. The molecule has 0 spiro atoms. The Morgan fingerprint density at radius 2 is 1.81 bits per heavy atom. The molecule has 0 saturated heterocycles. The smallest absolute Gasteiger partial charge is 0.302 e. The van der Waals surface area contributed by atoms with Gasteiger partial charge in [-0.3, -0.25) is 4.79 Å². The van der Waals surface area contributed by atoms with Crippen LogP contribution in [0.25, 0.3) is 0 Å². The summed E-state index contributed by atoms with van der Waals surface area (Å²) < 4.78 is 11.1. The fourth-order valence-corrected chi connectivity index (χ4v) is 8.50. The van der Waals surface area contributed by atoms with Crippen molar-refractivity contribution in [3.8, 4) is 0 Å². The maximum absolute atomic E-state index is 11.8. The van der Waals surface area contributed by atoms with E-state index in [2.05, 4.69) is 13.8 Å². The highest BCUT2D eigenvalue weighted by atomic mass is 16.5. The number of aliphatic hydroxyl groups is 3. The third-order valence-corrected chi connectivity index (χ3v) is 10.1. The quantitative estimate of drug-likeness (QED) is 0.620. The number of hydrogen-bond donors (Lipinski definition) is 3. The van der Waals surface area contributed by atoms with Gasteiger partial charge in [0.25, 0.3) is 0 Å². The van der Waals surface area contributed by atoms with Gasteiger partial charge in [-0.1, -0.05) is 13.8 Å². The molecule has 1 aromatic rings. The van der Waals surface area contributed by atoms with E-state index in [9.17, 15) is 20.1 Å². The zero-order chi connectivity index (χ0) is 22.2. The number of ether oxygens (including phenoxy) is 1. The van der Waals surface area contributed by atoms with Crippen LogP contribution in [-0.4, -0.2) is 39.6 Å². The molecule has 10 unspecified atom stereocenters. The number of esters is 1. The van der Waals surface area contributed by atoms with Crippen molar-refractivity contribution in [2.45, 2.75) is 89.6 Å². The van der Waals surface area contributed by atoms with Crippen LogP contribution in [0.4, 0.5) is 0 Å². The second kappa shape index (κ2) is 7.06. The van der Waals surface area contributed by atoms with E-state index in [0.29, 0.717) is 18.6 Å². The van der Waals surface area contributed by atoms with Crippen LogP contribution in [0.3, 0.4) is 0 Å². The molecule has 31 heavy (non-hydrogen) atoms. The molecule has 0 amide bonds. The Hall–Kier alpha value is -1.37. The number of fused-ring (bicyclic) bond motifs is 5. The predicted octanol–water partition coefficient (Wildman–Crippen LogP) is 3.38. The second-order valence-corrected chi connectivity index (χ2v) is 11.2. The van der Waals surface area contributed by atoms with Gasteiger partial charge < -0.3 is 24.5 Å². The zero-order valence-corrected chi connectivity index (χ0v) is 18.8. The summed E-state index contributed by atoms with van der Waals surface area (Å²) in [4.78, 5) is 11.5. The summed E-state index contributed by atoms with van der Waals surface area (Å²) in [6.07, 6.45) is 5.26. The third-order valence-electron chi connectivity index (χ3n) is 10.1. The summed E-state index contributed by atoms with van der Waals surface area (Å²) in [6, 6.07) is 3.68. The SMILES string of the molecule is CC(=O)OC1CCC2(C)C(C1)C(O)C(O)C1C2CCC2(C)C1CCC2(O)c1ccco1. The fraction of sp³-hybridized carbons (Fsp3) is 0.800. The molecule has 6 nitrogen and oxygen atoms in total. The average Bonchev–Trinajstić information content (AvgIpc) is 3.35. The average molecular weight is 433 g/mol. The molecule has 4 aliphatic carbocycles. The van der Waals surface area contributed by atoms with Crippen molar-refractivity contribution >= 4 is 5.97 Å². The van der Waals surface area contributed by atoms with Crippen molar-refractivity contribution in [1.82, 2.24) is 0 Å². The second-order valence-electron chi connectivity index (χ2n) is 11.2. The molecular weight excluding hydrogens is 396 g/mol. The molecule has 4 aliphatic rings. The summed E-state index contributed by atoms with van der Waals surface area (Å²) in [5, 5.41) is 34.4. The van der Waals surface area contributed by atoms with Crippen LogP contribution in [0.2, 0.25) is 0 Å². The lowest BCUT2D eigenvalue weighted by Gasteiger charge is -2.63. The summed E-state index contributed by atoms with van der Waals surface area (Å²) >= 11 is 0. The number of hydrogen-bond acceptors (Lipinski definition) is 6. The lowest BCUT2D eigenvalue weighted by atomic mass is 9.43. The van der Waals surface area contributed by atoms with Crippen LogP contribution in [0.5, 0.6) is 0 Å². The highest BCUT2D eigenvalue weighted by molar-refractivity contribution is 5.66. The van der Waals surface area contributed by atoms with Crippen molar-refractivity contribution in [2.75, 3.05) is 0 Å². The molecule has 4 fully saturated rings. The van der Waals surface area contributed by atoms with Crippen molar-refractivity contribution in [3.63, 3.8) is 0 Å². The summed E-state index contributed by atoms with van der Waals surface area (Å²) in [5.74, 6) is 0.601. The Bertz CT molecular complexity index is 837. The third kappa shape index (κ3) is 2.83. The normalized spacial score (nSPS) is 51.5. The standard InChI is InChI=1S/C25H36O6/c1-14(26)31-15-6-9-23(2)16-7-10-24(3)17(20(16)22(28)21(27)18(23)13-15)8-11-25(24,29)19-5-4-12-30-19/h4-5,12,15-18,20-22,27-29H,6-11,13H2,1-3H3. The molecule has 1 aromatic heterocycles. The van der Waals surface area contributed by atoms with E-state index in [1.165, 1.54) is 6.92 Å². The van der Waals surface area contributed by atoms with Crippen molar-refractivity contribution < 1.29 is 29.3 Å². The van der Waals surface area contributed by atoms with E-state index in [4.69, 9.17) is 9.15 Å². The summed E-state index contributed by atoms with van der Waals surface area (Å²) in [6.45, 7) is 5.84. The van der Waals surface area contributed by atoms with Crippen LogP contribution in [0.15, 0.2) is 22.8 Å². The van der Waals surface area contributed by atoms with Crippen molar-refractivity contribution in [3.05, 3.63) is 24.2 Å². The first kappa shape index (κ1) is 21.5. The molecule has 0 aromatic carbocycles. The van der Waals surface area contributed by atoms with Crippen LogP contribution in [0.1, 0.15) is 71.5 Å². The number of aliphatic hydroxyl groups excluding tert-OH is 2. The first-order valence-corrected chi connectivity index (χ1v) is 11.9. The lowest BCUT2D eigenvalue weighted by molar-refractivity contribution is -0.236. The van der Waals surface area contributed by atoms with Crippen molar-refractivity contribution in [2.24, 2.45) is 34.5 Å². The van der Waals surface area contributed by atoms with Gasteiger partial charge in [0.1, 0.15) is 17.5 Å². The van der Waals surface area contributed by atoms with E-state index in [0.717, 1.165) is 32.1 Å². The van der Waals surface area contributed by atoms with E-state index < -0.39 is 23.2 Å². The van der Waals surface area contributed by atoms with Gasteiger partial charge in [-0.15, -0.1) is 0 Å². The first-order chi connectivity index (χ1) is 14.6. The molecule has 3 N–H and O–H groups in total. The van der Waals surface area contributed by atoms with E-state index >= 15 is 0 Å². The minimum atomic E-state index is -1.04. The Morgan fingerprint density at radius 1 is 1.06 bits per heavy atom. The van der Waals surface area contributed by atoms with E-state index in [-0.39, 0.29) is 41.2 Å². The van der Waals surface area contributed by atoms with Crippen LogP contribution < -0.4 is 0 Å².